The van der Waals surface area contributed by atoms with E-state index in [0.29, 0.717) is 6.07 Å². The van der Waals surface area contributed by atoms with E-state index in [4.69, 9.17) is 0 Å². The second-order valence-electron chi connectivity index (χ2n) is 2.15. The second kappa shape index (κ2) is 3.87. The summed E-state index contributed by atoms with van der Waals surface area (Å²) in [6.45, 7) is 0. The first-order valence-electron chi connectivity index (χ1n) is 3.15. The Bertz CT molecular complexity index is 343. The molecule has 1 aromatic rings. The maximum Gasteiger partial charge on any atom is 0.265 e. The normalized spacial score (nSPS) is 10.5. The molecule has 0 fully saturated rings. The van der Waals surface area contributed by atoms with Crippen LogP contribution in [0.5, 0.6) is 0 Å². The summed E-state index contributed by atoms with van der Waals surface area (Å²) in [7, 11) is 0. The number of carbonyl (C=O) groups excluding carboxylic acids is 1. The summed E-state index contributed by atoms with van der Waals surface area (Å²) in [5.41, 5.74) is -0.940. The largest absolute Gasteiger partial charge is 0.296 e. The predicted octanol–water partition coefficient (Wildman–Crippen LogP) is 2.73. The molecule has 13 heavy (non-hydrogen) atoms. The third kappa shape index (κ3) is 2.06. The highest BCUT2D eigenvalue weighted by atomic mass is 79.9. The van der Waals surface area contributed by atoms with Gasteiger partial charge < -0.3 is 0 Å². The maximum atomic E-state index is 12.5. The van der Waals surface area contributed by atoms with Crippen LogP contribution in [0.25, 0.3) is 0 Å². The highest BCUT2D eigenvalue weighted by Crippen LogP contribution is 2.28. The molecule has 0 spiro atoms. The van der Waals surface area contributed by atoms with E-state index in [1.54, 1.807) is 0 Å². The van der Waals surface area contributed by atoms with Crippen molar-refractivity contribution >= 4 is 22.2 Å². The Balaban J connectivity index is 3.35. The fraction of sp³-hybridized carbons (Fsp3) is 0.143. The van der Waals surface area contributed by atoms with Crippen molar-refractivity contribution in [3.05, 3.63) is 27.7 Å². The van der Waals surface area contributed by atoms with E-state index in [-0.39, 0.29) is 16.5 Å². The number of alkyl halides is 2. The van der Waals surface area contributed by atoms with Crippen LogP contribution in [0, 0.1) is 5.95 Å². The molecule has 2 nitrogen and oxygen atoms in total. The Kier molecular flexibility index (Phi) is 3.02. The average molecular weight is 254 g/mol. The van der Waals surface area contributed by atoms with E-state index >= 15 is 0 Å². The molecule has 0 atom stereocenters. The molecule has 0 amide bonds. The van der Waals surface area contributed by atoms with Gasteiger partial charge >= 0.3 is 0 Å². The number of aromatic nitrogens is 1. The topological polar surface area (TPSA) is 30.0 Å². The van der Waals surface area contributed by atoms with Gasteiger partial charge in [-0.25, -0.2) is 13.8 Å². The number of carbonyl (C=O) groups is 1. The van der Waals surface area contributed by atoms with Gasteiger partial charge in [0.05, 0.1) is 4.47 Å². The number of hydrogen-bond donors (Lipinski definition) is 0. The molecule has 0 radical (unpaired) electrons. The third-order valence-corrected chi connectivity index (χ3v) is 2.19. The van der Waals surface area contributed by atoms with Gasteiger partial charge in [0.25, 0.3) is 6.43 Å². The number of hydrogen-bond acceptors (Lipinski definition) is 2. The van der Waals surface area contributed by atoms with Gasteiger partial charge in [0.1, 0.15) is 5.69 Å². The molecule has 0 aromatic carbocycles. The van der Waals surface area contributed by atoms with Crippen LogP contribution in [0.1, 0.15) is 22.5 Å². The quantitative estimate of drug-likeness (QED) is 0.600. The number of halogens is 4. The zero-order valence-electron chi connectivity index (χ0n) is 6.10. The molecule has 1 heterocycles. The predicted molar refractivity (Wildman–Crippen MR) is 42.2 cm³/mol. The number of nitrogens with zero attached hydrogens (tertiary/aromatic N) is 1. The molecular formula is C7H3BrF3NO. The molecule has 6 heteroatoms. The fourth-order valence-corrected chi connectivity index (χ4v) is 1.24. The molecule has 70 valence electrons. The van der Waals surface area contributed by atoms with Crippen molar-refractivity contribution in [2.45, 2.75) is 6.43 Å². The Hall–Kier alpha value is -0.910. The summed E-state index contributed by atoms with van der Waals surface area (Å²) in [6, 6.07) is 0.585. The monoisotopic (exact) mass is 253 g/mol. The smallest absolute Gasteiger partial charge is 0.265 e. The van der Waals surface area contributed by atoms with Crippen molar-refractivity contribution in [2.24, 2.45) is 0 Å². The molecular weight excluding hydrogens is 251 g/mol. The van der Waals surface area contributed by atoms with Gasteiger partial charge in [-0.2, -0.15) is 4.39 Å². The van der Waals surface area contributed by atoms with Gasteiger partial charge in [-0.1, -0.05) is 0 Å². The van der Waals surface area contributed by atoms with E-state index in [9.17, 15) is 18.0 Å². The molecule has 0 unspecified atom stereocenters. The first kappa shape index (κ1) is 10.2. The molecule has 0 aliphatic rings. The lowest BCUT2D eigenvalue weighted by Crippen LogP contribution is -1.98. The summed E-state index contributed by atoms with van der Waals surface area (Å²) < 4.78 is 36.7. The fourth-order valence-electron chi connectivity index (χ4n) is 0.773. The number of rotatable bonds is 2. The van der Waals surface area contributed by atoms with Crippen molar-refractivity contribution in [1.82, 2.24) is 4.98 Å². The summed E-state index contributed by atoms with van der Waals surface area (Å²) >= 11 is 2.74. The van der Waals surface area contributed by atoms with Crippen LogP contribution >= 0.6 is 15.9 Å². The first-order valence-corrected chi connectivity index (χ1v) is 3.95. The Morgan fingerprint density at radius 1 is 1.54 bits per heavy atom. The van der Waals surface area contributed by atoms with E-state index in [0.717, 1.165) is 0 Å². The summed E-state index contributed by atoms with van der Waals surface area (Å²) in [5.74, 6) is -1.10. The van der Waals surface area contributed by atoms with Gasteiger partial charge in [0, 0.05) is 11.6 Å². The van der Waals surface area contributed by atoms with Crippen molar-refractivity contribution in [2.75, 3.05) is 0 Å². The molecule has 0 saturated heterocycles. The Morgan fingerprint density at radius 3 is 2.62 bits per heavy atom. The van der Waals surface area contributed by atoms with Crippen molar-refractivity contribution in [3.63, 3.8) is 0 Å². The Morgan fingerprint density at radius 2 is 2.15 bits per heavy atom. The lowest BCUT2D eigenvalue weighted by molar-refractivity contribution is 0.111. The summed E-state index contributed by atoms with van der Waals surface area (Å²) in [6.07, 6.45) is -2.63. The minimum absolute atomic E-state index is 0.168. The van der Waals surface area contributed by atoms with E-state index < -0.39 is 17.9 Å². The molecule has 0 bridgehead atoms. The summed E-state index contributed by atoms with van der Waals surface area (Å²) in [4.78, 5) is 13.4. The third-order valence-electron chi connectivity index (χ3n) is 1.33. The van der Waals surface area contributed by atoms with Crippen molar-refractivity contribution in [1.29, 1.82) is 0 Å². The van der Waals surface area contributed by atoms with Gasteiger partial charge in [0.15, 0.2) is 6.29 Å². The highest BCUT2D eigenvalue weighted by molar-refractivity contribution is 9.10. The van der Waals surface area contributed by atoms with Crippen LogP contribution < -0.4 is 0 Å². The first-order chi connectivity index (χ1) is 6.06. The van der Waals surface area contributed by atoms with E-state index in [1.165, 1.54) is 0 Å². The van der Waals surface area contributed by atoms with Gasteiger partial charge in [-0.3, -0.25) is 4.79 Å². The zero-order valence-corrected chi connectivity index (χ0v) is 7.69. The van der Waals surface area contributed by atoms with E-state index in [2.05, 4.69) is 20.9 Å². The Labute approximate surface area is 79.9 Å². The van der Waals surface area contributed by atoms with Gasteiger partial charge in [0.2, 0.25) is 5.95 Å². The van der Waals surface area contributed by atoms with Crippen LogP contribution in [0.4, 0.5) is 13.2 Å². The highest BCUT2D eigenvalue weighted by Gasteiger charge is 2.17. The lowest BCUT2D eigenvalue weighted by atomic mass is 10.2. The van der Waals surface area contributed by atoms with Crippen LogP contribution in [-0.2, 0) is 0 Å². The molecule has 0 N–H and O–H groups in total. The van der Waals surface area contributed by atoms with Crippen molar-refractivity contribution in [3.8, 4) is 0 Å². The molecule has 1 aromatic heterocycles. The van der Waals surface area contributed by atoms with Crippen LogP contribution in [-0.4, -0.2) is 11.3 Å². The maximum absolute atomic E-state index is 12.5. The molecule has 0 aliphatic heterocycles. The molecule has 1 rings (SSSR count). The van der Waals surface area contributed by atoms with Crippen LogP contribution in [0.3, 0.4) is 0 Å². The second-order valence-corrected chi connectivity index (χ2v) is 2.94. The number of pyridine rings is 1. The van der Waals surface area contributed by atoms with Crippen LogP contribution in [0.2, 0.25) is 0 Å². The number of aldehydes is 1. The minimum Gasteiger partial charge on any atom is -0.296 e. The minimum atomic E-state index is -2.84. The van der Waals surface area contributed by atoms with Gasteiger partial charge in [-0.05, 0) is 15.9 Å². The SMILES string of the molecule is O=Cc1nc(F)cc(C(F)F)c1Br. The summed E-state index contributed by atoms with van der Waals surface area (Å²) in [5, 5.41) is 0. The van der Waals surface area contributed by atoms with Crippen LogP contribution in [0.15, 0.2) is 10.5 Å². The van der Waals surface area contributed by atoms with Crippen molar-refractivity contribution < 1.29 is 18.0 Å². The van der Waals surface area contributed by atoms with E-state index in [1.807, 2.05) is 0 Å². The zero-order chi connectivity index (χ0) is 10.0. The average Bonchev–Trinajstić information content (AvgIpc) is 2.08. The molecule has 0 saturated carbocycles. The standard InChI is InChI=1S/C7H3BrF3NO/c8-6-3(7(10)11)1-5(9)12-4(6)2-13/h1-2,7H. The lowest BCUT2D eigenvalue weighted by Gasteiger charge is -2.04. The molecule has 0 aliphatic carbocycles. The van der Waals surface area contributed by atoms with Gasteiger partial charge in [-0.15, -0.1) is 0 Å².